The Morgan fingerprint density at radius 2 is 1.91 bits per heavy atom. The fourth-order valence-electron chi connectivity index (χ4n) is 1.96. The molecule has 2 rings (SSSR count). The molecule has 0 saturated carbocycles. The molecule has 1 aromatic rings. The van der Waals surface area contributed by atoms with Crippen LogP contribution < -0.4 is 15.4 Å². The molecule has 0 radical (unpaired) electrons. The van der Waals surface area contributed by atoms with Gasteiger partial charge in [0.25, 0.3) is 0 Å². The molecule has 1 aromatic carbocycles. The van der Waals surface area contributed by atoms with Gasteiger partial charge in [-0.25, -0.2) is 14.5 Å². The average molecular weight is 317 g/mol. The summed E-state index contributed by atoms with van der Waals surface area (Å²) in [5.41, 5.74) is -0.282. The maximum Gasteiger partial charge on any atom is 0.573 e. The van der Waals surface area contributed by atoms with Gasteiger partial charge in [0.2, 0.25) is 0 Å². The summed E-state index contributed by atoms with van der Waals surface area (Å²) in [6.45, 7) is 3.72. The summed E-state index contributed by atoms with van der Waals surface area (Å²) in [6.07, 6.45) is -4.77. The molecule has 9 heteroatoms. The molecule has 1 heterocycles. The van der Waals surface area contributed by atoms with E-state index in [4.69, 9.17) is 0 Å². The molecule has 0 spiro atoms. The molecule has 1 saturated heterocycles. The van der Waals surface area contributed by atoms with Gasteiger partial charge < -0.3 is 15.4 Å². The first-order chi connectivity index (χ1) is 10.1. The van der Waals surface area contributed by atoms with Gasteiger partial charge in [0.05, 0.1) is 12.1 Å². The predicted molar refractivity (Wildman–Crippen MR) is 71.5 cm³/mol. The summed E-state index contributed by atoms with van der Waals surface area (Å²) < 4.78 is 39.8. The van der Waals surface area contributed by atoms with E-state index in [2.05, 4.69) is 15.4 Å². The van der Waals surface area contributed by atoms with Gasteiger partial charge >= 0.3 is 18.4 Å². The number of hydrogen-bond donors (Lipinski definition) is 2. The number of carbonyl (C=O) groups excluding carboxylic acids is 2. The Bertz CT molecular complexity index is 584. The Kier molecular flexibility index (Phi) is 3.90. The zero-order valence-corrected chi connectivity index (χ0v) is 11.8. The molecule has 1 aliphatic rings. The molecule has 0 unspecified atom stereocenters. The van der Waals surface area contributed by atoms with Gasteiger partial charge in [-0.05, 0) is 38.1 Å². The highest BCUT2D eigenvalue weighted by atomic mass is 19.4. The van der Waals surface area contributed by atoms with Crippen LogP contribution >= 0.6 is 0 Å². The standard InChI is InChI=1S/C13H14F3N3O3/c1-12(2)7-19(11(21)18-12)10(20)17-8-3-5-9(6-4-8)22-13(14,15)16/h3-6H,7H2,1-2H3,(H,17,20)(H,18,21). The molecule has 1 aliphatic heterocycles. The van der Waals surface area contributed by atoms with Crippen LogP contribution in [0.3, 0.4) is 0 Å². The number of rotatable bonds is 2. The first-order valence-electron chi connectivity index (χ1n) is 6.32. The van der Waals surface area contributed by atoms with Gasteiger partial charge in [-0.1, -0.05) is 0 Å². The number of nitrogens with zero attached hydrogens (tertiary/aromatic N) is 1. The van der Waals surface area contributed by atoms with Gasteiger partial charge in [-0.3, -0.25) is 0 Å². The highest BCUT2D eigenvalue weighted by molar-refractivity contribution is 6.02. The molecule has 6 nitrogen and oxygen atoms in total. The second-order valence-electron chi connectivity index (χ2n) is 5.40. The number of halogens is 3. The van der Waals surface area contributed by atoms with Gasteiger partial charge in [-0.2, -0.15) is 0 Å². The second-order valence-corrected chi connectivity index (χ2v) is 5.40. The highest BCUT2D eigenvalue weighted by Crippen LogP contribution is 2.24. The van der Waals surface area contributed by atoms with E-state index in [1.807, 2.05) is 0 Å². The molecule has 4 amide bonds. The van der Waals surface area contributed by atoms with Crippen LogP contribution in [0.2, 0.25) is 0 Å². The van der Waals surface area contributed by atoms with Crippen molar-refractivity contribution in [3.63, 3.8) is 0 Å². The van der Waals surface area contributed by atoms with Crippen LogP contribution in [0.4, 0.5) is 28.4 Å². The quantitative estimate of drug-likeness (QED) is 0.881. The summed E-state index contributed by atoms with van der Waals surface area (Å²) in [6, 6.07) is 3.44. The third-order valence-corrected chi connectivity index (χ3v) is 2.83. The topological polar surface area (TPSA) is 70.7 Å². The lowest BCUT2D eigenvalue weighted by molar-refractivity contribution is -0.274. The van der Waals surface area contributed by atoms with Crippen LogP contribution in [0.25, 0.3) is 0 Å². The lowest BCUT2D eigenvalue weighted by Gasteiger charge is -2.17. The van der Waals surface area contributed by atoms with Gasteiger partial charge in [-0.15, -0.1) is 13.2 Å². The minimum atomic E-state index is -4.77. The van der Waals surface area contributed by atoms with Crippen molar-refractivity contribution >= 4 is 17.7 Å². The van der Waals surface area contributed by atoms with Crippen LogP contribution in [-0.2, 0) is 0 Å². The fraction of sp³-hybridized carbons (Fsp3) is 0.385. The largest absolute Gasteiger partial charge is 0.573 e. The molecular formula is C13H14F3N3O3. The third-order valence-electron chi connectivity index (χ3n) is 2.83. The number of ether oxygens (including phenoxy) is 1. The van der Waals surface area contributed by atoms with E-state index in [0.29, 0.717) is 0 Å². The Balaban J connectivity index is 1.99. The van der Waals surface area contributed by atoms with Crippen molar-refractivity contribution in [1.29, 1.82) is 0 Å². The Morgan fingerprint density at radius 3 is 2.36 bits per heavy atom. The first kappa shape index (κ1) is 15.9. The van der Waals surface area contributed by atoms with Crippen molar-refractivity contribution < 1.29 is 27.5 Å². The van der Waals surface area contributed by atoms with E-state index in [-0.39, 0.29) is 12.2 Å². The summed E-state index contributed by atoms with van der Waals surface area (Å²) in [5.74, 6) is -0.398. The van der Waals surface area contributed by atoms with E-state index >= 15 is 0 Å². The first-order valence-corrected chi connectivity index (χ1v) is 6.32. The molecular weight excluding hydrogens is 303 g/mol. The van der Waals surface area contributed by atoms with E-state index in [1.165, 1.54) is 12.1 Å². The number of amides is 4. The van der Waals surface area contributed by atoms with Crippen molar-refractivity contribution in [2.45, 2.75) is 25.7 Å². The normalized spacial score (nSPS) is 17.1. The molecule has 2 N–H and O–H groups in total. The van der Waals surface area contributed by atoms with Gasteiger partial charge in [0.15, 0.2) is 0 Å². The van der Waals surface area contributed by atoms with Gasteiger partial charge in [0.1, 0.15) is 5.75 Å². The molecule has 1 fully saturated rings. The van der Waals surface area contributed by atoms with Crippen molar-refractivity contribution in [3.8, 4) is 5.75 Å². The molecule has 120 valence electrons. The second kappa shape index (κ2) is 5.39. The van der Waals surface area contributed by atoms with E-state index < -0.39 is 29.7 Å². The minimum Gasteiger partial charge on any atom is -0.406 e. The number of imide groups is 1. The SMILES string of the molecule is CC1(C)CN(C(=O)Nc2ccc(OC(F)(F)F)cc2)C(=O)N1. The summed E-state index contributed by atoms with van der Waals surface area (Å²) >= 11 is 0. The lowest BCUT2D eigenvalue weighted by atomic mass is 10.1. The lowest BCUT2D eigenvalue weighted by Crippen LogP contribution is -2.37. The van der Waals surface area contributed by atoms with Crippen molar-refractivity contribution in [2.75, 3.05) is 11.9 Å². The van der Waals surface area contributed by atoms with Crippen LogP contribution in [0.5, 0.6) is 5.75 Å². The van der Waals surface area contributed by atoms with Gasteiger partial charge in [0, 0.05) is 5.69 Å². The molecule has 22 heavy (non-hydrogen) atoms. The molecule has 0 atom stereocenters. The van der Waals surface area contributed by atoms with Crippen LogP contribution in [0.15, 0.2) is 24.3 Å². The smallest absolute Gasteiger partial charge is 0.406 e. The molecule has 0 bridgehead atoms. The summed E-state index contributed by atoms with van der Waals surface area (Å²) in [7, 11) is 0. The maximum absolute atomic E-state index is 12.0. The number of alkyl halides is 3. The van der Waals surface area contributed by atoms with Crippen LogP contribution in [0.1, 0.15) is 13.8 Å². The zero-order valence-electron chi connectivity index (χ0n) is 11.8. The number of carbonyl (C=O) groups is 2. The Morgan fingerprint density at radius 1 is 1.32 bits per heavy atom. The van der Waals surface area contributed by atoms with E-state index in [0.717, 1.165) is 17.0 Å². The van der Waals surface area contributed by atoms with Crippen molar-refractivity contribution in [2.24, 2.45) is 0 Å². The number of anilines is 1. The molecule has 0 aromatic heterocycles. The Hall–Kier alpha value is -2.45. The summed E-state index contributed by atoms with van der Waals surface area (Å²) in [4.78, 5) is 24.6. The third kappa shape index (κ3) is 4.03. The van der Waals surface area contributed by atoms with Crippen molar-refractivity contribution in [3.05, 3.63) is 24.3 Å². The minimum absolute atomic E-state index is 0.187. The van der Waals surface area contributed by atoms with Crippen LogP contribution in [-0.4, -0.2) is 35.4 Å². The van der Waals surface area contributed by atoms with E-state index in [1.54, 1.807) is 13.8 Å². The maximum atomic E-state index is 12.0. The Labute approximate surface area is 124 Å². The monoisotopic (exact) mass is 317 g/mol. The number of urea groups is 2. The fourth-order valence-corrected chi connectivity index (χ4v) is 1.96. The summed E-state index contributed by atoms with van der Waals surface area (Å²) in [5, 5.41) is 5.06. The number of nitrogens with one attached hydrogen (secondary N) is 2. The highest BCUT2D eigenvalue weighted by Gasteiger charge is 2.38. The predicted octanol–water partition coefficient (Wildman–Crippen LogP) is 2.92. The van der Waals surface area contributed by atoms with E-state index in [9.17, 15) is 22.8 Å². The number of benzene rings is 1. The average Bonchev–Trinajstić information content (AvgIpc) is 2.63. The number of hydrogen-bond acceptors (Lipinski definition) is 3. The molecule has 0 aliphatic carbocycles. The van der Waals surface area contributed by atoms with Crippen LogP contribution in [0, 0.1) is 0 Å². The zero-order chi connectivity index (χ0) is 16.5. The van der Waals surface area contributed by atoms with Crippen molar-refractivity contribution in [1.82, 2.24) is 10.2 Å².